The molecule has 198 valence electrons. The van der Waals surface area contributed by atoms with E-state index in [1.807, 2.05) is 55.5 Å². The molecule has 1 unspecified atom stereocenters. The van der Waals surface area contributed by atoms with Gasteiger partial charge in [0, 0.05) is 36.2 Å². The van der Waals surface area contributed by atoms with Gasteiger partial charge in [-0.3, -0.25) is 4.79 Å². The van der Waals surface area contributed by atoms with Gasteiger partial charge in [0.2, 0.25) is 5.91 Å². The number of piperidine rings is 1. The van der Waals surface area contributed by atoms with Gasteiger partial charge in [0.15, 0.2) is 0 Å². The van der Waals surface area contributed by atoms with Gasteiger partial charge in [0.05, 0.1) is 18.6 Å². The van der Waals surface area contributed by atoms with E-state index in [2.05, 4.69) is 20.9 Å². The molecule has 1 aliphatic heterocycles. The summed E-state index contributed by atoms with van der Waals surface area (Å²) < 4.78 is 5.05. The summed E-state index contributed by atoms with van der Waals surface area (Å²) in [5.74, 6) is -0.357. The Morgan fingerprint density at radius 3 is 2.39 bits per heavy atom. The lowest BCUT2D eigenvalue weighted by atomic mass is 10.0. The molecule has 38 heavy (non-hydrogen) atoms. The molecular formula is C30H34N4O4. The van der Waals surface area contributed by atoms with Gasteiger partial charge in [-0.05, 0) is 80.3 Å². The van der Waals surface area contributed by atoms with Crippen molar-refractivity contribution in [1.82, 2.24) is 5.32 Å². The summed E-state index contributed by atoms with van der Waals surface area (Å²) in [5, 5.41) is 8.82. The second-order valence-corrected chi connectivity index (χ2v) is 9.39. The molecule has 3 N–H and O–H groups in total. The monoisotopic (exact) mass is 514 g/mol. The van der Waals surface area contributed by atoms with Gasteiger partial charge in [-0.15, -0.1) is 0 Å². The van der Waals surface area contributed by atoms with Crippen molar-refractivity contribution in [2.75, 3.05) is 35.2 Å². The van der Waals surface area contributed by atoms with Gasteiger partial charge >= 0.3 is 12.0 Å². The SMILES string of the molecule is CCOC(=O)c1ccc(N2CCCC(NC(=O)Cc3ccc(NC(=O)Nc4ccccc4C)cc3)C2)cc1. The molecule has 8 heteroatoms. The molecule has 1 heterocycles. The lowest BCUT2D eigenvalue weighted by Gasteiger charge is -2.35. The summed E-state index contributed by atoms with van der Waals surface area (Å²) in [4.78, 5) is 39.2. The lowest BCUT2D eigenvalue weighted by molar-refractivity contribution is -0.121. The Morgan fingerprint density at radius 2 is 1.68 bits per heavy atom. The molecule has 0 spiro atoms. The minimum atomic E-state index is -0.322. The molecule has 8 nitrogen and oxygen atoms in total. The summed E-state index contributed by atoms with van der Waals surface area (Å²) in [5.41, 5.74) is 4.81. The van der Waals surface area contributed by atoms with Crippen LogP contribution in [0.3, 0.4) is 0 Å². The van der Waals surface area contributed by atoms with Crippen LogP contribution in [0.4, 0.5) is 21.9 Å². The molecular weight excluding hydrogens is 480 g/mol. The second-order valence-electron chi connectivity index (χ2n) is 9.39. The molecule has 4 rings (SSSR count). The van der Waals surface area contributed by atoms with Gasteiger partial charge in [0.1, 0.15) is 0 Å². The summed E-state index contributed by atoms with van der Waals surface area (Å²) in [7, 11) is 0. The van der Waals surface area contributed by atoms with E-state index in [1.165, 1.54) is 0 Å². The highest BCUT2D eigenvalue weighted by Gasteiger charge is 2.22. The number of nitrogens with one attached hydrogen (secondary N) is 3. The van der Waals surface area contributed by atoms with E-state index in [0.717, 1.165) is 41.9 Å². The van der Waals surface area contributed by atoms with Crippen LogP contribution in [0.25, 0.3) is 0 Å². The van der Waals surface area contributed by atoms with E-state index in [0.29, 0.717) is 24.4 Å². The predicted octanol–water partition coefficient (Wildman–Crippen LogP) is 5.14. The number of hydrogen-bond acceptors (Lipinski definition) is 5. The maximum absolute atomic E-state index is 12.7. The largest absolute Gasteiger partial charge is 0.462 e. The highest BCUT2D eigenvalue weighted by molar-refractivity contribution is 6.00. The number of aryl methyl sites for hydroxylation is 1. The number of urea groups is 1. The number of esters is 1. The minimum absolute atomic E-state index is 0.0347. The van der Waals surface area contributed by atoms with E-state index in [9.17, 15) is 14.4 Å². The number of anilines is 3. The van der Waals surface area contributed by atoms with Crippen LogP contribution in [0.15, 0.2) is 72.8 Å². The maximum Gasteiger partial charge on any atom is 0.338 e. The van der Waals surface area contributed by atoms with Crippen LogP contribution in [0.5, 0.6) is 0 Å². The number of amides is 3. The van der Waals surface area contributed by atoms with Crippen molar-refractivity contribution in [3.05, 3.63) is 89.5 Å². The molecule has 1 fully saturated rings. The van der Waals surface area contributed by atoms with Crippen LogP contribution < -0.4 is 20.9 Å². The molecule has 1 saturated heterocycles. The highest BCUT2D eigenvalue weighted by Crippen LogP contribution is 2.21. The third-order valence-electron chi connectivity index (χ3n) is 6.50. The molecule has 1 atom stereocenters. The van der Waals surface area contributed by atoms with Gasteiger partial charge in [-0.1, -0.05) is 30.3 Å². The number of hydrogen-bond donors (Lipinski definition) is 3. The zero-order valence-electron chi connectivity index (χ0n) is 21.8. The smallest absolute Gasteiger partial charge is 0.338 e. The quantitative estimate of drug-likeness (QED) is 0.361. The van der Waals surface area contributed by atoms with Crippen LogP contribution in [0, 0.1) is 6.92 Å². The standard InChI is InChI=1S/C30H34N4O4/c1-3-38-29(36)23-12-16-26(17-13-23)34-18-6-8-25(20-34)31-28(35)19-22-10-14-24(15-11-22)32-30(37)33-27-9-5-4-7-21(27)2/h4-5,7,9-17,25H,3,6,8,18-20H2,1-2H3,(H,31,35)(H2,32,33,37). The molecule has 3 aromatic rings. The van der Waals surface area contributed by atoms with Crippen LogP contribution in [0.1, 0.15) is 41.3 Å². The first kappa shape index (κ1) is 26.7. The number of rotatable bonds is 8. The number of nitrogens with zero attached hydrogens (tertiary/aromatic N) is 1. The van der Waals surface area contributed by atoms with Crippen LogP contribution in [-0.2, 0) is 16.0 Å². The van der Waals surface area contributed by atoms with Crippen molar-refractivity contribution < 1.29 is 19.1 Å². The van der Waals surface area contributed by atoms with Crippen LogP contribution in [-0.4, -0.2) is 43.6 Å². The number of para-hydroxylation sites is 1. The lowest BCUT2D eigenvalue weighted by Crippen LogP contribution is -2.48. The zero-order chi connectivity index (χ0) is 26.9. The topological polar surface area (TPSA) is 99.8 Å². The van der Waals surface area contributed by atoms with Gasteiger partial charge < -0.3 is 25.6 Å². The molecule has 3 amide bonds. The zero-order valence-corrected chi connectivity index (χ0v) is 21.8. The van der Waals surface area contributed by atoms with E-state index < -0.39 is 0 Å². The normalized spacial score (nSPS) is 14.9. The Labute approximate surface area is 223 Å². The predicted molar refractivity (Wildman–Crippen MR) is 150 cm³/mol. The summed E-state index contributed by atoms with van der Waals surface area (Å²) in [6.07, 6.45) is 2.15. The first-order chi connectivity index (χ1) is 18.4. The van der Waals surface area contributed by atoms with Gasteiger partial charge in [-0.25, -0.2) is 9.59 Å². The molecule has 0 bridgehead atoms. The first-order valence-corrected chi connectivity index (χ1v) is 13.0. The highest BCUT2D eigenvalue weighted by atomic mass is 16.5. The minimum Gasteiger partial charge on any atom is -0.462 e. The Kier molecular flexibility index (Phi) is 8.98. The van der Waals surface area contributed by atoms with Crippen LogP contribution >= 0.6 is 0 Å². The number of carbonyl (C=O) groups excluding carboxylic acids is 3. The third-order valence-corrected chi connectivity index (χ3v) is 6.50. The molecule has 0 radical (unpaired) electrons. The number of benzene rings is 3. The number of ether oxygens (including phenoxy) is 1. The third kappa shape index (κ3) is 7.35. The summed E-state index contributed by atoms with van der Waals surface area (Å²) in [6, 6.07) is 22.0. The van der Waals surface area contributed by atoms with Crippen molar-refractivity contribution in [3.63, 3.8) is 0 Å². The Hall–Kier alpha value is -4.33. The van der Waals surface area contributed by atoms with Crippen molar-refractivity contribution in [3.8, 4) is 0 Å². The molecule has 0 aromatic heterocycles. The molecule has 0 aliphatic carbocycles. The van der Waals surface area contributed by atoms with E-state index in [4.69, 9.17) is 4.74 Å². The molecule has 3 aromatic carbocycles. The summed E-state index contributed by atoms with van der Waals surface area (Å²) >= 11 is 0. The fourth-order valence-corrected chi connectivity index (χ4v) is 4.52. The van der Waals surface area contributed by atoms with E-state index in [-0.39, 0.29) is 30.4 Å². The Balaban J connectivity index is 1.25. The Bertz CT molecular complexity index is 1260. The van der Waals surface area contributed by atoms with Crippen molar-refractivity contribution in [2.45, 2.75) is 39.2 Å². The maximum atomic E-state index is 12.7. The van der Waals surface area contributed by atoms with Gasteiger partial charge in [-0.2, -0.15) is 0 Å². The van der Waals surface area contributed by atoms with Crippen LogP contribution in [0.2, 0.25) is 0 Å². The van der Waals surface area contributed by atoms with Crippen molar-refractivity contribution >= 4 is 35.0 Å². The van der Waals surface area contributed by atoms with Crippen molar-refractivity contribution in [1.29, 1.82) is 0 Å². The average Bonchev–Trinajstić information content (AvgIpc) is 2.91. The first-order valence-electron chi connectivity index (χ1n) is 13.0. The molecule has 0 saturated carbocycles. The number of carbonyl (C=O) groups is 3. The van der Waals surface area contributed by atoms with Crippen molar-refractivity contribution in [2.24, 2.45) is 0 Å². The summed E-state index contributed by atoms with van der Waals surface area (Å²) in [6.45, 7) is 5.68. The van der Waals surface area contributed by atoms with Gasteiger partial charge in [0.25, 0.3) is 0 Å². The fraction of sp³-hybridized carbons (Fsp3) is 0.300. The van der Waals surface area contributed by atoms with E-state index >= 15 is 0 Å². The fourth-order valence-electron chi connectivity index (χ4n) is 4.52. The molecule has 1 aliphatic rings. The van der Waals surface area contributed by atoms with E-state index in [1.54, 1.807) is 31.2 Å². The Morgan fingerprint density at radius 1 is 0.947 bits per heavy atom. The second kappa shape index (κ2) is 12.8. The average molecular weight is 515 g/mol.